The van der Waals surface area contributed by atoms with Gasteiger partial charge < -0.3 is 20.1 Å². The van der Waals surface area contributed by atoms with Gasteiger partial charge in [0, 0.05) is 5.70 Å². The molecule has 2 N–H and O–H groups in total. The maximum absolute atomic E-state index is 12.2. The van der Waals surface area contributed by atoms with E-state index >= 15 is 0 Å². The van der Waals surface area contributed by atoms with E-state index < -0.39 is 18.6 Å². The third kappa shape index (κ3) is 4.16. The first-order valence-corrected chi connectivity index (χ1v) is 7.33. The van der Waals surface area contributed by atoms with E-state index in [9.17, 15) is 13.6 Å². The summed E-state index contributed by atoms with van der Waals surface area (Å²) in [7, 11) is 0. The molecule has 0 amide bonds. The van der Waals surface area contributed by atoms with E-state index in [0.29, 0.717) is 21.9 Å². The molecule has 1 aliphatic heterocycles. The Balaban J connectivity index is 2.32. The van der Waals surface area contributed by atoms with Gasteiger partial charge in [-0.25, -0.2) is 4.79 Å². The Hall–Kier alpha value is -2.22. The molecule has 1 aliphatic rings. The number of alkyl halides is 2. The summed E-state index contributed by atoms with van der Waals surface area (Å²) in [5.41, 5.74) is 1.66. The summed E-state index contributed by atoms with van der Waals surface area (Å²) in [6.45, 7) is 0.796. The van der Waals surface area contributed by atoms with E-state index in [-0.39, 0.29) is 12.4 Å². The molecule has 0 unspecified atom stereocenters. The topological polar surface area (TPSA) is 59.6 Å². The number of ether oxygens (including phenoxy) is 2. The first-order valence-electron chi connectivity index (χ1n) is 6.92. The first kappa shape index (κ1) is 17.1. The van der Waals surface area contributed by atoms with Crippen molar-refractivity contribution in [2.45, 2.75) is 26.5 Å². The number of benzene rings is 1. The normalized spacial score (nSPS) is 17.6. The van der Waals surface area contributed by atoms with Crippen molar-refractivity contribution in [3.8, 4) is 5.75 Å². The van der Waals surface area contributed by atoms with E-state index in [1.807, 2.05) is 0 Å². The van der Waals surface area contributed by atoms with Gasteiger partial charge in [0.15, 0.2) is 5.11 Å². The highest BCUT2D eigenvalue weighted by atomic mass is 32.1. The Bertz CT molecular complexity index is 632. The summed E-state index contributed by atoms with van der Waals surface area (Å²) in [6, 6.07) is 5.48. The predicted octanol–water partition coefficient (Wildman–Crippen LogP) is 2.64. The molecule has 5 nitrogen and oxygen atoms in total. The maximum atomic E-state index is 12.2. The van der Waals surface area contributed by atoms with Crippen molar-refractivity contribution < 1.29 is 23.0 Å². The molecular weight excluding hydrogens is 326 g/mol. The van der Waals surface area contributed by atoms with E-state index in [0.717, 1.165) is 0 Å². The molecule has 1 aromatic carbocycles. The summed E-state index contributed by atoms with van der Waals surface area (Å²) >= 11 is 5.11. The Labute approximate surface area is 137 Å². The number of allylic oxidation sites excluding steroid dienone is 1. The number of hydrogen-bond acceptors (Lipinski definition) is 4. The van der Waals surface area contributed by atoms with Crippen LogP contribution >= 0.6 is 12.2 Å². The molecule has 23 heavy (non-hydrogen) atoms. The van der Waals surface area contributed by atoms with Crippen molar-refractivity contribution >= 4 is 23.3 Å². The molecule has 0 saturated carbocycles. The quantitative estimate of drug-likeness (QED) is 0.634. The van der Waals surface area contributed by atoms with Crippen LogP contribution in [-0.2, 0) is 9.53 Å². The molecule has 1 heterocycles. The number of carbonyl (C=O) groups is 1. The molecule has 0 radical (unpaired) electrons. The van der Waals surface area contributed by atoms with E-state index in [2.05, 4.69) is 15.4 Å². The predicted molar refractivity (Wildman–Crippen MR) is 84.0 cm³/mol. The Morgan fingerprint density at radius 1 is 1.35 bits per heavy atom. The fourth-order valence-corrected chi connectivity index (χ4v) is 2.54. The number of carbonyl (C=O) groups excluding carboxylic acids is 1. The fourth-order valence-electron chi connectivity index (χ4n) is 2.26. The van der Waals surface area contributed by atoms with Gasteiger partial charge >= 0.3 is 12.6 Å². The Morgan fingerprint density at radius 3 is 2.57 bits per heavy atom. The summed E-state index contributed by atoms with van der Waals surface area (Å²) in [6.07, 6.45) is 0. The van der Waals surface area contributed by atoms with Crippen molar-refractivity contribution in [2.24, 2.45) is 0 Å². The second-order valence-corrected chi connectivity index (χ2v) is 5.15. The zero-order valence-corrected chi connectivity index (χ0v) is 13.4. The summed E-state index contributed by atoms with van der Waals surface area (Å²) in [5, 5.41) is 6.24. The monoisotopic (exact) mass is 342 g/mol. The van der Waals surface area contributed by atoms with Crippen LogP contribution in [0, 0.1) is 0 Å². The minimum Gasteiger partial charge on any atom is -0.463 e. The second-order valence-electron chi connectivity index (χ2n) is 4.74. The molecule has 0 saturated heterocycles. The number of thiocarbonyl (C=S) groups is 1. The average Bonchev–Trinajstić information content (AvgIpc) is 2.46. The molecule has 0 aliphatic carbocycles. The standard InChI is InChI=1S/C15H16F2N2O3S/c1-3-21-13(20)11-8(2)18-15(23)19-12(11)9-4-6-10(7-5-9)22-14(16)17/h4-7,12,14H,3H2,1-2H3,(H2,18,19,23)/t12-/m1/s1. The highest BCUT2D eigenvalue weighted by Gasteiger charge is 2.30. The highest BCUT2D eigenvalue weighted by Crippen LogP contribution is 2.29. The number of halogens is 2. The fraction of sp³-hybridized carbons (Fsp3) is 0.333. The van der Waals surface area contributed by atoms with Gasteiger partial charge in [0.05, 0.1) is 18.2 Å². The van der Waals surface area contributed by atoms with Gasteiger partial charge in [-0.15, -0.1) is 0 Å². The lowest BCUT2D eigenvalue weighted by atomic mass is 9.95. The third-order valence-corrected chi connectivity index (χ3v) is 3.42. The molecule has 0 spiro atoms. The van der Waals surface area contributed by atoms with Gasteiger partial charge in [-0.05, 0) is 43.8 Å². The molecule has 2 rings (SSSR count). The second kappa shape index (κ2) is 7.36. The zero-order valence-electron chi connectivity index (χ0n) is 12.6. The molecule has 1 aromatic rings. The van der Waals surface area contributed by atoms with Gasteiger partial charge in [0.25, 0.3) is 0 Å². The number of nitrogens with one attached hydrogen (secondary N) is 2. The summed E-state index contributed by atoms with van der Waals surface area (Å²) < 4.78 is 33.8. The molecule has 124 valence electrons. The molecule has 0 bridgehead atoms. The van der Waals surface area contributed by atoms with E-state index in [4.69, 9.17) is 17.0 Å². The lowest BCUT2D eigenvalue weighted by molar-refractivity contribution is -0.139. The van der Waals surface area contributed by atoms with Crippen LogP contribution in [0.4, 0.5) is 8.78 Å². The SMILES string of the molecule is CCOC(=O)C1=C(C)NC(=S)N[C@@H]1c1ccc(OC(F)F)cc1. The Morgan fingerprint density at radius 2 is 2.00 bits per heavy atom. The van der Waals surface area contributed by atoms with E-state index in [1.165, 1.54) is 12.1 Å². The van der Waals surface area contributed by atoms with Crippen molar-refractivity contribution in [3.05, 3.63) is 41.1 Å². The summed E-state index contributed by atoms with van der Waals surface area (Å²) in [5.74, 6) is -0.427. The number of hydrogen-bond donors (Lipinski definition) is 2. The summed E-state index contributed by atoms with van der Waals surface area (Å²) in [4.78, 5) is 12.2. The van der Waals surface area contributed by atoms with Crippen LogP contribution < -0.4 is 15.4 Å². The third-order valence-electron chi connectivity index (χ3n) is 3.20. The molecule has 8 heteroatoms. The lowest BCUT2D eigenvalue weighted by Crippen LogP contribution is -2.45. The van der Waals surface area contributed by atoms with Gasteiger partial charge in [-0.1, -0.05) is 12.1 Å². The minimum atomic E-state index is -2.89. The minimum absolute atomic E-state index is 0.0404. The van der Waals surface area contributed by atoms with Crippen LogP contribution in [0.15, 0.2) is 35.5 Å². The van der Waals surface area contributed by atoms with Gasteiger partial charge in [-0.3, -0.25) is 0 Å². The van der Waals surface area contributed by atoms with Crippen LogP contribution in [0.1, 0.15) is 25.5 Å². The number of esters is 1. The molecular formula is C15H16F2N2O3S. The smallest absolute Gasteiger partial charge is 0.387 e. The van der Waals surface area contributed by atoms with Crippen molar-refractivity contribution in [3.63, 3.8) is 0 Å². The highest BCUT2D eigenvalue weighted by molar-refractivity contribution is 7.80. The number of rotatable bonds is 5. The average molecular weight is 342 g/mol. The lowest BCUT2D eigenvalue weighted by Gasteiger charge is -2.29. The largest absolute Gasteiger partial charge is 0.463 e. The van der Waals surface area contributed by atoms with Crippen LogP contribution in [0.25, 0.3) is 0 Å². The van der Waals surface area contributed by atoms with Gasteiger partial charge in [0.1, 0.15) is 5.75 Å². The van der Waals surface area contributed by atoms with Gasteiger partial charge in [-0.2, -0.15) is 8.78 Å². The van der Waals surface area contributed by atoms with Crippen molar-refractivity contribution in [2.75, 3.05) is 6.61 Å². The Kier molecular flexibility index (Phi) is 5.49. The molecule has 0 fully saturated rings. The maximum Gasteiger partial charge on any atom is 0.387 e. The zero-order chi connectivity index (χ0) is 17.0. The van der Waals surface area contributed by atoms with Gasteiger partial charge in [0.2, 0.25) is 0 Å². The van der Waals surface area contributed by atoms with Crippen LogP contribution in [0.5, 0.6) is 5.75 Å². The first-order chi connectivity index (χ1) is 10.9. The van der Waals surface area contributed by atoms with Crippen molar-refractivity contribution in [1.29, 1.82) is 0 Å². The molecule has 0 aromatic heterocycles. The van der Waals surface area contributed by atoms with Crippen LogP contribution in [0.2, 0.25) is 0 Å². The van der Waals surface area contributed by atoms with Crippen molar-refractivity contribution in [1.82, 2.24) is 10.6 Å². The molecule has 1 atom stereocenters. The van der Waals surface area contributed by atoms with E-state index in [1.54, 1.807) is 26.0 Å². The van der Waals surface area contributed by atoms with Crippen LogP contribution in [-0.4, -0.2) is 24.3 Å². The van der Waals surface area contributed by atoms with Crippen LogP contribution in [0.3, 0.4) is 0 Å².